The molecule has 0 fully saturated rings. The number of rotatable bonds is 5. The van der Waals surface area contributed by atoms with Gasteiger partial charge in [0.1, 0.15) is 5.75 Å². The molecule has 0 saturated heterocycles. The van der Waals surface area contributed by atoms with Crippen LogP contribution in [-0.2, 0) is 9.53 Å². The van der Waals surface area contributed by atoms with Crippen LogP contribution in [0.4, 0.5) is 0 Å². The first-order valence-electron chi connectivity index (χ1n) is 4.76. The summed E-state index contributed by atoms with van der Waals surface area (Å²) in [7, 11) is 0. The molecule has 1 aromatic carbocycles. The van der Waals surface area contributed by atoms with E-state index in [0.717, 1.165) is 9.32 Å². The van der Waals surface area contributed by atoms with Gasteiger partial charge >= 0.3 is 5.97 Å². The van der Waals surface area contributed by atoms with Crippen LogP contribution in [0.15, 0.2) is 24.3 Å². The summed E-state index contributed by atoms with van der Waals surface area (Å²) in [5.41, 5.74) is 0. The molecule has 0 atom stereocenters. The highest BCUT2D eigenvalue weighted by molar-refractivity contribution is 14.1. The van der Waals surface area contributed by atoms with Crippen LogP contribution in [0.1, 0.15) is 13.3 Å². The number of carbonyl (C=O) groups is 1. The van der Waals surface area contributed by atoms with Crippen LogP contribution in [-0.4, -0.2) is 19.2 Å². The van der Waals surface area contributed by atoms with Crippen molar-refractivity contribution in [3.05, 3.63) is 27.8 Å². The van der Waals surface area contributed by atoms with Gasteiger partial charge in [0.05, 0.1) is 19.6 Å². The van der Waals surface area contributed by atoms with Gasteiger partial charge in [0, 0.05) is 3.57 Å². The van der Waals surface area contributed by atoms with Gasteiger partial charge < -0.3 is 9.47 Å². The van der Waals surface area contributed by atoms with Crippen molar-refractivity contribution in [3.63, 3.8) is 0 Å². The van der Waals surface area contributed by atoms with E-state index in [1.54, 1.807) is 6.92 Å². The molecule has 1 rings (SSSR count). The largest absolute Gasteiger partial charge is 0.493 e. The van der Waals surface area contributed by atoms with Crippen molar-refractivity contribution in [3.8, 4) is 5.75 Å². The molecule has 0 saturated carbocycles. The summed E-state index contributed by atoms with van der Waals surface area (Å²) in [6.07, 6.45) is 0.291. The Morgan fingerprint density at radius 1 is 1.47 bits per heavy atom. The highest BCUT2D eigenvalue weighted by atomic mass is 127. The molecule has 0 aliphatic rings. The predicted molar refractivity (Wildman–Crippen MR) is 65.9 cm³/mol. The maximum Gasteiger partial charge on any atom is 0.309 e. The summed E-state index contributed by atoms with van der Waals surface area (Å²) in [6, 6.07) is 7.69. The van der Waals surface area contributed by atoms with E-state index in [1.807, 2.05) is 24.3 Å². The fourth-order valence-electron chi connectivity index (χ4n) is 1.04. The van der Waals surface area contributed by atoms with Crippen molar-refractivity contribution >= 4 is 28.6 Å². The molecular weight excluding hydrogens is 307 g/mol. The monoisotopic (exact) mass is 320 g/mol. The average molecular weight is 320 g/mol. The summed E-state index contributed by atoms with van der Waals surface area (Å²) < 4.78 is 11.3. The van der Waals surface area contributed by atoms with Gasteiger partial charge in [0.2, 0.25) is 0 Å². The third-order valence-electron chi connectivity index (χ3n) is 1.68. The molecule has 3 nitrogen and oxygen atoms in total. The zero-order chi connectivity index (χ0) is 11.1. The minimum atomic E-state index is -0.219. The van der Waals surface area contributed by atoms with Gasteiger partial charge in [0.15, 0.2) is 0 Å². The van der Waals surface area contributed by atoms with E-state index >= 15 is 0 Å². The van der Waals surface area contributed by atoms with Crippen molar-refractivity contribution < 1.29 is 14.3 Å². The molecule has 0 aliphatic heterocycles. The molecule has 0 spiro atoms. The Bertz CT molecular complexity index is 325. The SMILES string of the molecule is CCOC(=O)CCOc1cccc(I)c1. The zero-order valence-corrected chi connectivity index (χ0v) is 10.7. The van der Waals surface area contributed by atoms with Crippen LogP contribution in [0, 0.1) is 3.57 Å². The minimum Gasteiger partial charge on any atom is -0.493 e. The molecule has 0 unspecified atom stereocenters. The highest BCUT2D eigenvalue weighted by Crippen LogP contribution is 2.14. The Kier molecular flexibility index (Phi) is 5.45. The standard InChI is InChI=1S/C11H13IO3/c1-2-14-11(13)6-7-15-10-5-3-4-9(12)8-10/h3-5,8H,2,6-7H2,1H3. The van der Waals surface area contributed by atoms with E-state index in [9.17, 15) is 4.79 Å². The molecule has 0 aliphatic carbocycles. The van der Waals surface area contributed by atoms with E-state index in [4.69, 9.17) is 9.47 Å². The number of esters is 1. The van der Waals surface area contributed by atoms with Gasteiger partial charge in [-0.25, -0.2) is 0 Å². The lowest BCUT2D eigenvalue weighted by atomic mass is 10.3. The number of ether oxygens (including phenoxy) is 2. The van der Waals surface area contributed by atoms with Crippen LogP contribution in [0.3, 0.4) is 0 Å². The van der Waals surface area contributed by atoms with E-state index in [1.165, 1.54) is 0 Å². The molecule has 0 bridgehead atoms. The lowest BCUT2D eigenvalue weighted by Crippen LogP contribution is -2.09. The third-order valence-corrected chi connectivity index (χ3v) is 2.35. The van der Waals surface area contributed by atoms with E-state index in [0.29, 0.717) is 19.6 Å². The Labute approximate surface area is 103 Å². The summed E-state index contributed by atoms with van der Waals surface area (Å²) in [5, 5.41) is 0. The van der Waals surface area contributed by atoms with E-state index in [-0.39, 0.29) is 5.97 Å². The topological polar surface area (TPSA) is 35.5 Å². The van der Waals surface area contributed by atoms with E-state index in [2.05, 4.69) is 22.6 Å². The summed E-state index contributed by atoms with van der Waals surface area (Å²) in [4.78, 5) is 11.0. The Morgan fingerprint density at radius 2 is 2.27 bits per heavy atom. The number of benzene rings is 1. The molecule has 82 valence electrons. The number of carbonyl (C=O) groups excluding carboxylic acids is 1. The smallest absolute Gasteiger partial charge is 0.309 e. The summed E-state index contributed by atoms with van der Waals surface area (Å²) in [5.74, 6) is 0.564. The Balaban J connectivity index is 2.28. The highest BCUT2D eigenvalue weighted by Gasteiger charge is 2.01. The molecule has 1 aromatic rings. The first-order chi connectivity index (χ1) is 7.22. The van der Waals surface area contributed by atoms with Crippen LogP contribution < -0.4 is 4.74 Å². The van der Waals surface area contributed by atoms with Gasteiger partial charge in [-0.05, 0) is 47.7 Å². The molecule has 0 aromatic heterocycles. The van der Waals surface area contributed by atoms with Crippen molar-refractivity contribution in [1.29, 1.82) is 0 Å². The van der Waals surface area contributed by atoms with Crippen molar-refractivity contribution in [1.82, 2.24) is 0 Å². The second-order valence-electron chi connectivity index (χ2n) is 2.86. The molecule has 15 heavy (non-hydrogen) atoms. The molecule has 0 heterocycles. The fourth-order valence-corrected chi connectivity index (χ4v) is 1.56. The lowest BCUT2D eigenvalue weighted by molar-refractivity contribution is -0.143. The van der Waals surface area contributed by atoms with Crippen LogP contribution >= 0.6 is 22.6 Å². The molecule has 4 heteroatoms. The van der Waals surface area contributed by atoms with Crippen LogP contribution in [0.2, 0.25) is 0 Å². The van der Waals surface area contributed by atoms with Gasteiger partial charge in [-0.2, -0.15) is 0 Å². The van der Waals surface area contributed by atoms with Gasteiger partial charge in [-0.1, -0.05) is 6.07 Å². The Hall–Kier alpha value is -0.780. The first-order valence-corrected chi connectivity index (χ1v) is 5.84. The number of halogens is 1. The average Bonchev–Trinajstić information content (AvgIpc) is 2.18. The zero-order valence-electron chi connectivity index (χ0n) is 8.53. The van der Waals surface area contributed by atoms with Gasteiger partial charge in [0.25, 0.3) is 0 Å². The van der Waals surface area contributed by atoms with Gasteiger partial charge in [-0.15, -0.1) is 0 Å². The second-order valence-corrected chi connectivity index (χ2v) is 4.11. The molecule has 0 N–H and O–H groups in total. The number of hydrogen-bond acceptors (Lipinski definition) is 3. The quantitative estimate of drug-likeness (QED) is 0.618. The summed E-state index contributed by atoms with van der Waals surface area (Å²) in [6.45, 7) is 2.57. The predicted octanol–water partition coefficient (Wildman–Crippen LogP) is 2.62. The molecular formula is C11H13IO3. The van der Waals surface area contributed by atoms with Crippen LogP contribution in [0.25, 0.3) is 0 Å². The minimum absolute atomic E-state index is 0.219. The second kappa shape index (κ2) is 6.66. The lowest BCUT2D eigenvalue weighted by Gasteiger charge is -2.05. The van der Waals surface area contributed by atoms with Gasteiger partial charge in [-0.3, -0.25) is 4.79 Å². The molecule has 0 radical (unpaired) electrons. The fraction of sp³-hybridized carbons (Fsp3) is 0.364. The molecule has 0 amide bonds. The van der Waals surface area contributed by atoms with E-state index < -0.39 is 0 Å². The van der Waals surface area contributed by atoms with Crippen molar-refractivity contribution in [2.75, 3.05) is 13.2 Å². The van der Waals surface area contributed by atoms with Crippen molar-refractivity contribution in [2.24, 2.45) is 0 Å². The maximum absolute atomic E-state index is 11.0. The third kappa shape index (κ3) is 5.01. The Morgan fingerprint density at radius 3 is 2.93 bits per heavy atom. The summed E-state index contributed by atoms with van der Waals surface area (Å²) >= 11 is 2.21. The normalized spacial score (nSPS) is 9.73. The maximum atomic E-state index is 11.0. The number of hydrogen-bond donors (Lipinski definition) is 0. The van der Waals surface area contributed by atoms with Crippen molar-refractivity contribution in [2.45, 2.75) is 13.3 Å². The first kappa shape index (κ1) is 12.3. The van der Waals surface area contributed by atoms with Crippen LogP contribution in [0.5, 0.6) is 5.75 Å².